The van der Waals surface area contributed by atoms with Crippen LogP contribution in [-0.4, -0.2) is 56.6 Å². The normalized spacial score (nSPS) is 17.1. The monoisotopic (exact) mass is 426 g/mol. The van der Waals surface area contributed by atoms with Crippen LogP contribution in [0.1, 0.15) is 47.3 Å². The zero-order valence-electron chi connectivity index (χ0n) is 17.1. The molecule has 0 saturated carbocycles. The van der Waals surface area contributed by atoms with Crippen molar-refractivity contribution >= 4 is 33.2 Å². The Bertz CT molecular complexity index is 1020. The zero-order valence-corrected chi connectivity index (χ0v) is 17.9. The molecule has 1 aliphatic rings. The molecule has 0 aliphatic carbocycles. The molecule has 2 aromatic heterocycles. The van der Waals surface area contributed by atoms with E-state index < -0.39 is 0 Å². The minimum atomic E-state index is -0.0589. The molecule has 1 saturated heterocycles. The molecule has 0 radical (unpaired) electrons. The summed E-state index contributed by atoms with van der Waals surface area (Å²) in [6.45, 7) is 1.23. The number of amides is 2. The number of tetrazole rings is 1. The van der Waals surface area contributed by atoms with Gasteiger partial charge in [-0.1, -0.05) is 31.0 Å². The third-order valence-corrected chi connectivity index (χ3v) is 6.93. The number of fused-ring (bicyclic) bond motifs is 1. The van der Waals surface area contributed by atoms with Gasteiger partial charge in [0.25, 0.3) is 5.91 Å². The summed E-state index contributed by atoms with van der Waals surface area (Å²) in [5.74, 6) is 0.0646. The van der Waals surface area contributed by atoms with Gasteiger partial charge in [0.2, 0.25) is 5.91 Å². The summed E-state index contributed by atoms with van der Waals surface area (Å²) in [6.07, 6.45) is 6.78. The number of hydrogen-bond acceptors (Lipinski definition) is 6. The van der Waals surface area contributed by atoms with E-state index in [1.807, 2.05) is 17.0 Å². The first-order chi connectivity index (χ1) is 14.7. The number of nitrogens with one attached hydrogen (secondary N) is 1. The molecular formula is C21H26N6O2S. The van der Waals surface area contributed by atoms with E-state index in [2.05, 4.69) is 33.0 Å². The lowest BCUT2D eigenvalue weighted by molar-refractivity contribution is -0.133. The summed E-state index contributed by atoms with van der Waals surface area (Å²) in [6, 6.07) is 8.23. The fraction of sp³-hybridized carbons (Fsp3) is 0.476. The highest BCUT2D eigenvalue weighted by Gasteiger charge is 2.28. The Balaban J connectivity index is 1.59. The van der Waals surface area contributed by atoms with Crippen molar-refractivity contribution in [1.29, 1.82) is 0 Å². The largest absolute Gasteiger partial charge is 0.354 e. The maximum Gasteiger partial charge on any atom is 0.261 e. The second kappa shape index (κ2) is 9.34. The van der Waals surface area contributed by atoms with Crippen LogP contribution in [0.4, 0.5) is 0 Å². The van der Waals surface area contributed by atoms with E-state index in [-0.39, 0.29) is 17.9 Å². The first kappa shape index (κ1) is 20.5. The van der Waals surface area contributed by atoms with Gasteiger partial charge in [0.1, 0.15) is 6.33 Å². The molecule has 1 N–H and O–H groups in total. The van der Waals surface area contributed by atoms with E-state index in [1.54, 1.807) is 11.7 Å². The Morgan fingerprint density at radius 1 is 1.23 bits per heavy atom. The summed E-state index contributed by atoms with van der Waals surface area (Å²) in [7, 11) is 1.66. The Morgan fingerprint density at radius 2 is 2.10 bits per heavy atom. The fourth-order valence-corrected chi connectivity index (χ4v) is 5.37. The third-order valence-electron chi connectivity index (χ3n) is 5.72. The molecule has 158 valence electrons. The van der Waals surface area contributed by atoms with E-state index in [0.29, 0.717) is 19.4 Å². The molecule has 4 rings (SSSR count). The molecule has 30 heavy (non-hydrogen) atoms. The lowest BCUT2D eigenvalue weighted by atomic mass is 9.97. The van der Waals surface area contributed by atoms with Gasteiger partial charge in [-0.05, 0) is 46.7 Å². The van der Waals surface area contributed by atoms with Gasteiger partial charge in [-0.3, -0.25) is 9.59 Å². The highest BCUT2D eigenvalue weighted by Crippen LogP contribution is 2.34. The number of carbonyl (C=O) groups is 2. The number of hydrogen-bond donors (Lipinski definition) is 1. The van der Waals surface area contributed by atoms with Crippen LogP contribution in [0.15, 0.2) is 30.6 Å². The zero-order chi connectivity index (χ0) is 20.9. The van der Waals surface area contributed by atoms with Crippen molar-refractivity contribution in [3.05, 3.63) is 41.0 Å². The Morgan fingerprint density at radius 3 is 2.90 bits per heavy atom. The van der Waals surface area contributed by atoms with Crippen LogP contribution >= 0.6 is 11.3 Å². The van der Waals surface area contributed by atoms with Crippen LogP contribution in [0.5, 0.6) is 0 Å². The predicted octanol–water partition coefficient (Wildman–Crippen LogP) is 2.65. The maximum absolute atomic E-state index is 13.1. The summed E-state index contributed by atoms with van der Waals surface area (Å²) < 4.78 is 2.69. The summed E-state index contributed by atoms with van der Waals surface area (Å²) in [5.41, 5.74) is 1.06. The van der Waals surface area contributed by atoms with E-state index in [0.717, 1.165) is 52.8 Å². The van der Waals surface area contributed by atoms with Crippen LogP contribution in [-0.2, 0) is 17.8 Å². The van der Waals surface area contributed by atoms with E-state index in [4.69, 9.17) is 0 Å². The Kier molecular flexibility index (Phi) is 6.37. The van der Waals surface area contributed by atoms with Crippen molar-refractivity contribution in [3.8, 4) is 0 Å². The topological polar surface area (TPSA) is 93.0 Å². The molecule has 9 heteroatoms. The number of carbonyl (C=O) groups excluding carboxylic acids is 2. The molecule has 1 aliphatic heterocycles. The van der Waals surface area contributed by atoms with Gasteiger partial charge in [-0.15, -0.1) is 16.4 Å². The molecule has 0 spiro atoms. The Labute approximate surface area is 179 Å². The van der Waals surface area contributed by atoms with Crippen molar-refractivity contribution in [2.24, 2.45) is 0 Å². The van der Waals surface area contributed by atoms with Gasteiger partial charge < -0.3 is 10.2 Å². The minimum absolute atomic E-state index is 0.0589. The van der Waals surface area contributed by atoms with E-state index in [1.165, 1.54) is 17.7 Å². The van der Waals surface area contributed by atoms with Crippen molar-refractivity contribution in [3.63, 3.8) is 0 Å². The van der Waals surface area contributed by atoms with Gasteiger partial charge in [0.15, 0.2) is 0 Å². The number of nitrogens with zero attached hydrogens (tertiary/aromatic N) is 5. The smallest absolute Gasteiger partial charge is 0.261 e. The summed E-state index contributed by atoms with van der Waals surface area (Å²) in [5, 5.41) is 15.0. The standard InChI is InChI=1S/C21H26N6O2S/c1-22-21(29)20-17(16-8-4-5-9-18(16)30-20)13-15-7-3-2-6-11-27(15)19(28)10-12-26-14-23-24-25-26/h4-5,8-9,14-15H,2-3,6-7,10-13H2,1H3,(H,22,29). The van der Waals surface area contributed by atoms with Crippen LogP contribution < -0.4 is 5.32 Å². The minimum Gasteiger partial charge on any atom is -0.354 e. The van der Waals surface area contributed by atoms with Gasteiger partial charge >= 0.3 is 0 Å². The molecule has 0 bridgehead atoms. The fourth-order valence-electron chi connectivity index (χ4n) is 4.19. The molecule has 3 heterocycles. The SMILES string of the molecule is CNC(=O)c1sc2ccccc2c1CC1CCCCCN1C(=O)CCn1cnnn1. The third kappa shape index (κ3) is 4.35. The average Bonchev–Trinajstić information content (AvgIpc) is 3.35. The van der Waals surface area contributed by atoms with Crippen molar-refractivity contribution in [2.45, 2.75) is 51.1 Å². The molecule has 1 fully saturated rings. The van der Waals surface area contributed by atoms with Crippen LogP contribution in [0.2, 0.25) is 0 Å². The van der Waals surface area contributed by atoms with Crippen molar-refractivity contribution in [2.75, 3.05) is 13.6 Å². The number of aromatic nitrogens is 4. The van der Waals surface area contributed by atoms with Gasteiger partial charge in [0.05, 0.1) is 11.4 Å². The predicted molar refractivity (Wildman–Crippen MR) is 115 cm³/mol. The number of benzene rings is 1. The van der Waals surface area contributed by atoms with Crippen molar-refractivity contribution < 1.29 is 9.59 Å². The van der Waals surface area contributed by atoms with E-state index in [9.17, 15) is 9.59 Å². The second-order valence-corrected chi connectivity index (χ2v) is 8.65. The number of thiophene rings is 1. The molecule has 1 unspecified atom stereocenters. The van der Waals surface area contributed by atoms with Crippen LogP contribution in [0.25, 0.3) is 10.1 Å². The number of rotatable bonds is 6. The lowest BCUT2D eigenvalue weighted by Gasteiger charge is -2.30. The highest BCUT2D eigenvalue weighted by atomic mass is 32.1. The van der Waals surface area contributed by atoms with E-state index >= 15 is 0 Å². The molecule has 8 nitrogen and oxygen atoms in total. The van der Waals surface area contributed by atoms with Gasteiger partial charge in [0, 0.05) is 30.8 Å². The second-order valence-electron chi connectivity index (χ2n) is 7.60. The van der Waals surface area contributed by atoms with Crippen LogP contribution in [0.3, 0.4) is 0 Å². The Hall–Kier alpha value is -2.81. The maximum atomic E-state index is 13.1. The quantitative estimate of drug-likeness (QED) is 0.654. The molecule has 1 atom stereocenters. The first-order valence-electron chi connectivity index (χ1n) is 10.4. The lowest BCUT2D eigenvalue weighted by Crippen LogP contribution is -2.41. The number of likely N-dealkylation sites (tertiary alicyclic amines) is 1. The summed E-state index contributed by atoms with van der Waals surface area (Å²) >= 11 is 1.53. The molecule has 1 aromatic carbocycles. The number of aryl methyl sites for hydroxylation is 1. The van der Waals surface area contributed by atoms with Gasteiger partial charge in [-0.25, -0.2) is 4.68 Å². The molecular weight excluding hydrogens is 400 g/mol. The average molecular weight is 427 g/mol. The summed E-state index contributed by atoms with van der Waals surface area (Å²) in [4.78, 5) is 28.4. The highest BCUT2D eigenvalue weighted by molar-refractivity contribution is 7.21. The molecule has 2 amide bonds. The van der Waals surface area contributed by atoms with Gasteiger partial charge in [-0.2, -0.15) is 0 Å². The first-order valence-corrected chi connectivity index (χ1v) is 11.2. The van der Waals surface area contributed by atoms with Crippen molar-refractivity contribution in [1.82, 2.24) is 30.4 Å². The molecule has 3 aromatic rings. The van der Waals surface area contributed by atoms with Crippen LogP contribution in [0, 0.1) is 0 Å².